The number of fused-ring (bicyclic) bond motifs is 3. The van der Waals surface area contributed by atoms with Crippen molar-refractivity contribution in [3.05, 3.63) is 29.6 Å². The molecular formula is C15H17FN2O4S. The molecule has 1 aliphatic rings. The maximum atomic E-state index is 13.4. The van der Waals surface area contributed by atoms with E-state index in [4.69, 9.17) is 19.8 Å². The van der Waals surface area contributed by atoms with E-state index < -0.39 is 11.9 Å². The van der Waals surface area contributed by atoms with Crippen LogP contribution in [0.15, 0.2) is 23.2 Å². The number of aromatic amines is 1. The Hall–Kier alpha value is -2.06. The summed E-state index contributed by atoms with van der Waals surface area (Å²) in [7, 11) is 1.97. The molecule has 0 amide bonds. The van der Waals surface area contributed by atoms with E-state index in [9.17, 15) is 4.39 Å². The predicted octanol–water partition coefficient (Wildman–Crippen LogP) is 2.26. The lowest BCUT2D eigenvalue weighted by atomic mass is 9.95. The van der Waals surface area contributed by atoms with Crippen LogP contribution in [0.25, 0.3) is 10.9 Å². The molecule has 1 unspecified atom stereocenters. The number of rotatable bonds is 2. The topological polar surface area (TPSA) is 102 Å². The monoisotopic (exact) mass is 340 g/mol. The summed E-state index contributed by atoms with van der Waals surface area (Å²) in [5.74, 6) is -2.18. The summed E-state index contributed by atoms with van der Waals surface area (Å²) >= 11 is 1.84. The van der Waals surface area contributed by atoms with Crippen LogP contribution < -0.4 is 5.32 Å². The number of thioether (sulfide) groups is 1. The smallest absolute Gasteiger partial charge is 0.414 e. The van der Waals surface area contributed by atoms with Crippen molar-refractivity contribution >= 4 is 34.6 Å². The number of carboxylic acids is 2. The van der Waals surface area contributed by atoms with Crippen LogP contribution in [0, 0.1) is 5.82 Å². The lowest BCUT2D eigenvalue weighted by Crippen LogP contribution is -2.20. The van der Waals surface area contributed by atoms with Crippen molar-refractivity contribution in [2.24, 2.45) is 0 Å². The number of benzene rings is 1. The maximum absolute atomic E-state index is 13.4. The second-order valence-electron chi connectivity index (χ2n) is 5.06. The van der Waals surface area contributed by atoms with Gasteiger partial charge in [-0.2, -0.15) is 0 Å². The number of nitrogens with one attached hydrogen (secondary N) is 2. The van der Waals surface area contributed by atoms with E-state index in [1.807, 2.05) is 24.9 Å². The van der Waals surface area contributed by atoms with E-state index >= 15 is 0 Å². The zero-order valence-corrected chi connectivity index (χ0v) is 13.2. The first-order valence-electron chi connectivity index (χ1n) is 6.98. The van der Waals surface area contributed by atoms with Crippen molar-refractivity contribution in [3.63, 3.8) is 0 Å². The largest absolute Gasteiger partial charge is 0.473 e. The van der Waals surface area contributed by atoms with Gasteiger partial charge >= 0.3 is 11.9 Å². The fourth-order valence-corrected chi connectivity index (χ4v) is 3.80. The van der Waals surface area contributed by atoms with Crippen molar-refractivity contribution in [1.29, 1.82) is 0 Å². The second kappa shape index (κ2) is 7.47. The number of H-pyrrole nitrogens is 1. The third kappa shape index (κ3) is 4.02. The van der Waals surface area contributed by atoms with Crippen LogP contribution in [0.2, 0.25) is 0 Å². The second-order valence-corrected chi connectivity index (χ2v) is 6.16. The molecular weight excluding hydrogens is 323 g/mol. The summed E-state index contributed by atoms with van der Waals surface area (Å²) in [6.07, 6.45) is 1.15. The zero-order chi connectivity index (χ0) is 17.0. The molecule has 2 aromatic rings. The Balaban J connectivity index is 0.000000277. The minimum atomic E-state index is -1.82. The first-order valence-corrected chi connectivity index (χ1v) is 7.97. The van der Waals surface area contributed by atoms with E-state index in [1.54, 1.807) is 6.07 Å². The Bertz CT molecular complexity index is 720. The molecule has 8 heteroatoms. The van der Waals surface area contributed by atoms with Crippen LogP contribution in [0.5, 0.6) is 0 Å². The number of hydrogen-bond acceptors (Lipinski definition) is 4. The van der Waals surface area contributed by atoms with Crippen LogP contribution in [-0.2, 0) is 9.59 Å². The molecule has 1 atom stereocenters. The van der Waals surface area contributed by atoms with Gasteiger partial charge in [-0.1, -0.05) is 0 Å². The predicted molar refractivity (Wildman–Crippen MR) is 85.5 cm³/mol. The van der Waals surface area contributed by atoms with Gasteiger partial charge in [0, 0.05) is 29.1 Å². The molecule has 4 N–H and O–H groups in total. The molecule has 0 saturated heterocycles. The molecule has 1 aromatic heterocycles. The van der Waals surface area contributed by atoms with Crippen molar-refractivity contribution in [1.82, 2.24) is 10.3 Å². The third-order valence-electron chi connectivity index (χ3n) is 3.52. The van der Waals surface area contributed by atoms with Crippen molar-refractivity contribution in [2.75, 3.05) is 19.3 Å². The lowest BCUT2D eigenvalue weighted by Gasteiger charge is -2.22. The van der Waals surface area contributed by atoms with E-state index in [-0.39, 0.29) is 5.82 Å². The molecule has 3 rings (SSSR count). The number of carboxylic acid groups (broad SMARTS) is 2. The highest BCUT2D eigenvalue weighted by Gasteiger charge is 2.24. The van der Waals surface area contributed by atoms with Gasteiger partial charge < -0.3 is 20.5 Å². The van der Waals surface area contributed by atoms with Gasteiger partial charge in [0.15, 0.2) is 0 Å². The van der Waals surface area contributed by atoms with Crippen LogP contribution in [0.4, 0.5) is 4.39 Å². The molecule has 0 aliphatic carbocycles. The van der Waals surface area contributed by atoms with Crippen LogP contribution in [-0.4, -0.2) is 46.5 Å². The number of carbonyl (C=O) groups is 2. The molecule has 6 nitrogen and oxygen atoms in total. The molecule has 1 aromatic carbocycles. The molecule has 2 heterocycles. The number of aliphatic carboxylic acids is 2. The number of aromatic nitrogens is 1. The van der Waals surface area contributed by atoms with Gasteiger partial charge in [0.2, 0.25) is 0 Å². The maximum Gasteiger partial charge on any atom is 0.414 e. The normalized spacial score (nSPS) is 16.3. The van der Waals surface area contributed by atoms with E-state index in [1.165, 1.54) is 16.7 Å². The number of halogens is 1. The van der Waals surface area contributed by atoms with E-state index in [2.05, 4.69) is 10.3 Å². The summed E-state index contributed by atoms with van der Waals surface area (Å²) in [5.41, 5.74) is 2.34. The summed E-state index contributed by atoms with van der Waals surface area (Å²) in [6.45, 7) is 0.955. The standard InChI is InChI=1S/C13H15FN2S.C2H2O4/c1-15-7-8-4-5-17-13-12(8)10-6-9(14)2-3-11(10)16-13;3-1(4)2(5)6/h2-3,6,8,15-16H,4-5,7H2,1H3;(H,3,4)(H,5,6). The first kappa shape index (κ1) is 17.3. The molecule has 0 fully saturated rings. The van der Waals surface area contributed by atoms with Crippen LogP contribution in [0.1, 0.15) is 17.9 Å². The van der Waals surface area contributed by atoms with Crippen LogP contribution >= 0.6 is 11.8 Å². The first-order chi connectivity index (χ1) is 10.9. The SMILES string of the molecule is CNCC1CCSc2[nH]c3ccc(F)cc3c21.O=C(O)C(=O)O. The Morgan fingerprint density at radius 2 is 2.09 bits per heavy atom. The third-order valence-corrected chi connectivity index (χ3v) is 4.57. The fraction of sp³-hybridized carbons (Fsp3) is 0.333. The summed E-state index contributed by atoms with van der Waals surface area (Å²) in [6, 6.07) is 5.00. The Labute approximate surface area is 136 Å². The van der Waals surface area contributed by atoms with Gasteiger partial charge in [0.05, 0.1) is 5.03 Å². The minimum absolute atomic E-state index is 0.155. The summed E-state index contributed by atoms with van der Waals surface area (Å²) in [4.78, 5) is 21.6. The van der Waals surface area contributed by atoms with Crippen molar-refractivity contribution in [2.45, 2.75) is 17.4 Å². The van der Waals surface area contributed by atoms with Gasteiger partial charge in [-0.25, -0.2) is 14.0 Å². The minimum Gasteiger partial charge on any atom is -0.473 e. The van der Waals surface area contributed by atoms with Crippen molar-refractivity contribution < 1.29 is 24.2 Å². The summed E-state index contributed by atoms with van der Waals surface area (Å²) in [5, 5.41) is 20.3. The molecule has 0 bridgehead atoms. The number of likely N-dealkylation sites (N-methyl/N-ethyl adjacent to an activating group) is 1. The van der Waals surface area contributed by atoms with Crippen molar-refractivity contribution in [3.8, 4) is 0 Å². The molecule has 23 heavy (non-hydrogen) atoms. The average Bonchev–Trinajstić information content (AvgIpc) is 2.87. The average molecular weight is 340 g/mol. The van der Waals surface area contributed by atoms with Gasteiger partial charge in [-0.05, 0) is 37.2 Å². The molecule has 124 valence electrons. The summed E-state index contributed by atoms with van der Waals surface area (Å²) < 4.78 is 13.4. The quantitative estimate of drug-likeness (QED) is 0.626. The number of hydrogen-bond donors (Lipinski definition) is 4. The highest BCUT2D eigenvalue weighted by atomic mass is 32.2. The lowest BCUT2D eigenvalue weighted by molar-refractivity contribution is -0.159. The Kier molecular flexibility index (Phi) is 5.62. The highest BCUT2D eigenvalue weighted by Crippen LogP contribution is 2.41. The van der Waals surface area contributed by atoms with Gasteiger partial charge in [0.25, 0.3) is 0 Å². The van der Waals surface area contributed by atoms with E-state index in [0.717, 1.165) is 29.6 Å². The van der Waals surface area contributed by atoms with Crippen LogP contribution in [0.3, 0.4) is 0 Å². The fourth-order valence-electron chi connectivity index (χ4n) is 2.58. The van der Waals surface area contributed by atoms with Gasteiger partial charge in [-0.15, -0.1) is 11.8 Å². The highest BCUT2D eigenvalue weighted by molar-refractivity contribution is 7.99. The molecule has 0 spiro atoms. The molecule has 0 saturated carbocycles. The zero-order valence-electron chi connectivity index (χ0n) is 12.4. The molecule has 1 aliphatic heterocycles. The Morgan fingerprint density at radius 3 is 2.70 bits per heavy atom. The van der Waals surface area contributed by atoms with E-state index in [0.29, 0.717) is 5.92 Å². The molecule has 0 radical (unpaired) electrons. The van der Waals surface area contributed by atoms with Gasteiger partial charge in [0.1, 0.15) is 5.82 Å². The van der Waals surface area contributed by atoms with Gasteiger partial charge in [-0.3, -0.25) is 0 Å². The Morgan fingerprint density at radius 1 is 1.39 bits per heavy atom.